The average Bonchev–Trinajstić information content (AvgIpc) is 0. The van der Waals surface area contributed by atoms with Gasteiger partial charge in [-0.3, -0.25) is 0 Å². The molecule has 4 N–H and O–H groups in total. The fraction of sp³-hybridized carbons (Fsp3) is 0. The molecule has 0 aliphatic carbocycles. The van der Waals surface area contributed by atoms with Crippen LogP contribution in [0.5, 0.6) is 0 Å². The van der Waals surface area contributed by atoms with Crippen LogP contribution < -0.4 is 0 Å². The predicted molar refractivity (Wildman–Crippen MR) is 19.3 cm³/mol. The molecular weight excluding hydrogens is 207 g/mol. The summed E-state index contributed by atoms with van der Waals surface area (Å²) in [6.45, 7) is 0. The van der Waals surface area contributed by atoms with Gasteiger partial charge in [-0.2, -0.15) is 0 Å². The van der Waals surface area contributed by atoms with Crippen molar-refractivity contribution in [3.63, 3.8) is 0 Å². The largest absolute Gasteiger partial charge is 2.00 e. The molecule has 4 nitrogen and oxygen atoms in total. The van der Waals surface area contributed by atoms with Gasteiger partial charge in [-0.25, -0.2) is 0 Å². The maximum atomic E-state index is 0. The van der Waals surface area contributed by atoms with Crippen LogP contribution in [0.15, 0.2) is 0 Å². The summed E-state index contributed by atoms with van der Waals surface area (Å²) < 4.78 is 0. The van der Waals surface area contributed by atoms with Crippen molar-refractivity contribution < 1.29 is 21.9 Å². The van der Waals surface area contributed by atoms with Crippen molar-refractivity contribution in [1.82, 2.24) is 0 Å². The summed E-state index contributed by atoms with van der Waals surface area (Å²) in [5.74, 6) is 0. The van der Waals surface area contributed by atoms with E-state index in [1.807, 2.05) is 0 Å². The molecule has 0 aromatic heterocycles. The molecule has 0 saturated carbocycles. The molecule has 0 rings (SSSR count). The molecule has 6 heavy (non-hydrogen) atoms. The Labute approximate surface area is 68.6 Å². The Bertz CT molecular complexity index is 7.51. The molecule has 34 valence electrons. The number of hydrogen-bond donors (Lipinski definition) is 0. The molecule has 0 spiro atoms. The van der Waals surface area contributed by atoms with Gasteiger partial charge in [0.1, 0.15) is 0 Å². The molecule has 0 aliphatic heterocycles. The van der Waals surface area contributed by atoms with Gasteiger partial charge in [0.25, 0.3) is 0 Å². The fourth-order valence-electron chi connectivity index (χ4n) is 0. The van der Waals surface area contributed by atoms with Gasteiger partial charge in [-0.05, 0) is 0 Å². The summed E-state index contributed by atoms with van der Waals surface area (Å²) >= 11 is 0. The monoisotopic (exact) mass is 212 g/mol. The summed E-state index contributed by atoms with van der Waals surface area (Å²) in [5.41, 5.74) is 0. The van der Waals surface area contributed by atoms with Crippen LogP contribution in [0.25, 0.3) is 0 Å². The Morgan fingerprint density at radius 3 is 0.500 bits per heavy atom. The van der Waals surface area contributed by atoms with Crippen LogP contribution in [0.2, 0.25) is 0 Å². The summed E-state index contributed by atoms with van der Waals surface area (Å²) in [7, 11) is 0. The molecule has 0 aromatic carbocycles. The minimum atomic E-state index is 0. The summed E-state index contributed by atoms with van der Waals surface area (Å²) in [4.78, 5) is 0. The first-order valence-electron chi connectivity index (χ1n) is 0. The maximum Gasteiger partial charge on any atom is 2.00 e. The van der Waals surface area contributed by atoms with Crippen LogP contribution in [-0.2, 0) is 0 Å². The molecule has 0 fully saturated rings. The quantitative estimate of drug-likeness (QED) is 0.454. The minimum Gasteiger partial charge on any atom is -0.870 e. The van der Waals surface area contributed by atoms with Crippen LogP contribution in [-0.4, -0.2) is 68.9 Å². The van der Waals surface area contributed by atoms with Gasteiger partial charge in [0.2, 0.25) is 0 Å². The molecule has 0 saturated heterocycles. The van der Waals surface area contributed by atoms with Crippen LogP contribution in [0.4, 0.5) is 0 Å². The molecule has 0 amide bonds. The summed E-state index contributed by atoms with van der Waals surface area (Å²) in [6.07, 6.45) is 0. The predicted octanol–water partition coefficient (Wildman–Crippen LogP) is -1.47. The van der Waals surface area contributed by atoms with E-state index < -0.39 is 0 Å². The molecule has 0 heterocycles. The van der Waals surface area contributed by atoms with E-state index in [0.29, 0.717) is 0 Å². The van der Waals surface area contributed by atoms with Crippen molar-refractivity contribution in [2.75, 3.05) is 0 Å². The van der Waals surface area contributed by atoms with E-state index in [1.165, 1.54) is 0 Å². The molecule has 0 unspecified atom stereocenters. The zero-order valence-corrected chi connectivity index (χ0v) is 7.26. The van der Waals surface area contributed by atoms with Crippen LogP contribution >= 0.6 is 0 Å². The summed E-state index contributed by atoms with van der Waals surface area (Å²) in [5, 5.41) is 0. The van der Waals surface area contributed by atoms with Gasteiger partial charge in [0.05, 0.1) is 0 Å². The second-order valence-corrected chi connectivity index (χ2v) is 0. The van der Waals surface area contributed by atoms with Gasteiger partial charge in [0.15, 0.2) is 0 Å². The molecular formula is H4MgO4Sn. The Morgan fingerprint density at radius 1 is 0.500 bits per heavy atom. The van der Waals surface area contributed by atoms with Crippen LogP contribution in [0, 0.1) is 0 Å². The Hall–Kier alpha value is 1.40. The number of hydrogen-bond acceptors (Lipinski definition) is 4. The van der Waals surface area contributed by atoms with Crippen molar-refractivity contribution in [3.05, 3.63) is 0 Å². The van der Waals surface area contributed by atoms with Crippen molar-refractivity contribution in [2.45, 2.75) is 0 Å². The number of rotatable bonds is 0. The second-order valence-electron chi connectivity index (χ2n) is 0. The maximum absolute atomic E-state index is 0. The Morgan fingerprint density at radius 2 is 0.500 bits per heavy atom. The van der Waals surface area contributed by atoms with Gasteiger partial charge < -0.3 is 21.9 Å². The normalized spacial score (nSPS) is 0. The van der Waals surface area contributed by atoms with Gasteiger partial charge in [0, 0.05) is 0 Å². The van der Waals surface area contributed by atoms with Crippen LogP contribution in [0.1, 0.15) is 0 Å². The third kappa shape index (κ3) is 53.1. The first-order valence-corrected chi connectivity index (χ1v) is 0. The van der Waals surface area contributed by atoms with Gasteiger partial charge >= 0.3 is 47.0 Å². The van der Waals surface area contributed by atoms with Crippen molar-refractivity contribution in [2.24, 2.45) is 0 Å². The van der Waals surface area contributed by atoms with E-state index >= 15 is 0 Å². The fourth-order valence-corrected chi connectivity index (χ4v) is 0. The van der Waals surface area contributed by atoms with E-state index in [2.05, 4.69) is 0 Å². The molecule has 0 aromatic rings. The first kappa shape index (κ1) is 154. The first-order chi connectivity index (χ1) is 0. The molecule has 6 heteroatoms. The SMILES string of the molecule is [Mg+2].[OH-].[OH-].[OH-].[OH-].[Sn+2]. The van der Waals surface area contributed by atoms with Crippen molar-refractivity contribution in [3.8, 4) is 0 Å². The smallest absolute Gasteiger partial charge is 0.870 e. The van der Waals surface area contributed by atoms with Gasteiger partial charge in [-0.15, -0.1) is 0 Å². The third-order valence-corrected chi connectivity index (χ3v) is 0. The molecule has 2 radical (unpaired) electrons. The van der Waals surface area contributed by atoms with E-state index in [4.69, 9.17) is 0 Å². The van der Waals surface area contributed by atoms with E-state index in [1.54, 1.807) is 0 Å². The third-order valence-electron chi connectivity index (χ3n) is 0. The molecule has 0 aliphatic rings. The second kappa shape index (κ2) is 94.8. The van der Waals surface area contributed by atoms with E-state index in [-0.39, 0.29) is 68.9 Å². The van der Waals surface area contributed by atoms with Crippen LogP contribution in [0.3, 0.4) is 0 Å². The standard InChI is InChI=1S/Mg.4H2O.Sn/h;4*1H2;/q+2;;;;;+2/p-4. The topological polar surface area (TPSA) is 120 Å². The zero-order valence-electron chi connectivity index (χ0n) is 3.00. The molecule has 0 atom stereocenters. The van der Waals surface area contributed by atoms with Crippen molar-refractivity contribution in [1.29, 1.82) is 0 Å². The molecule has 0 bridgehead atoms. The average molecular weight is 211 g/mol. The minimum absolute atomic E-state index is 0. The van der Waals surface area contributed by atoms with E-state index in [0.717, 1.165) is 0 Å². The van der Waals surface area contributed by atoms with Crippen molar-refractivity contribution >= 4 is 47.0 Å². The summed E-state index contributed by atoms with van der Waals surface area (Å²) in [6, 6.07) is 0. The van der Waals surface area contributed by atoms with E-state index in [9.17, 15) is 0 Å². The zero-order chi connectivity index (χ0) is 0. The van der Waals surface area contributed by atoms with Gasteiger partial charge in [-0.1, -0.05) is 0 Å². The Kier molecular flexibility index (Phi) is 2430. The Balaban J connectivity index is 0.